The first kappa shape index (κ1) is 13.9. The van der Waals surface area contributed by atoms with Crippen LogP contribution in [0.15, 0.2) is 22.4 Å². The van der Waals surface area contributed by atoms with E-state index in [9.17, 15) is 4.79 Å². The number of nitrogens with two attached hydrogens (primary N) is 1. The number of nitrogens with zero attached hydrogens (tertiary/aromatic N) is 4. The van der Waals surface area contributed by atoms with Crippen molar-refractivity contribution < 1.29 is 9.53 Å². The molecule has 2 heterocycles. The zero-order valence-electron chi connectivity index (χ0n) is 11.5. The summed E-state index contributed by atoms with van der Waals surface area (Å²) in [6.45, 7) is 5.93. The van der Waals surface area contributed by atoms with E-state index in [-0.39, 0.29) is 11.4 Å². The number of ether oxygens (including phenoxy) is 1. The number of rotatable bonds is 3. The molecule has 1 amide bonds. The van der Waals surface area contributed by atoms with Gasteiger partial charge in [-0.2, -0.15) is 0 Å². The van der Waals surface area contributed by atoms with E-state index in [0.29, 0.717) is 18.5 Å². The van der Waals surface area contributed by atoms with E-state index >= 15 is 0 Å². The molecule has 0 radical (unpaired) electrons. The summed E-state index contributed by atoms with van der Waals surface area (Å²) in [6.07, 6.45) is 2.86. The van der Waals surface area contributed by atoms with Gasteiger partial charge in [0.05, 0.1) is 6.61 Å². The summed E-state index contributed by atoms with van der Waals surface area (Å²) in [6, 6.07) is 0.323. The number of hydrogen-bond donors (Lipinski definition) is 2. The zero-order chi connectivity index (χ0) is 14.8. The van der Waals surface area contributed by atoms with Crippen molar-refractivity contribution >= 4 is 17.8 Å². The van der Waals surface area contributed by atoms with Crippen LogP contribution in [0.5, 0.6) is 0 Å². The number of carbonyl (C=O) groups excluding carboxylic acids is 1. The fraction of sp³-hybridized carbons (Fsp3) is 0.417. The maximum atomic E-state index is 11.4. The molecule has 0 atom stereocenters. The molecule has 1 aliphatic rings. The van der Waals surface area contributed by atoms with Gasteiger partial charge in [0, 0.05) is 12.4 Å². The van der Waals surface area contributed by atoms with Crippen LogP contribution in [0.4, 0.5) is 0 Å². The third-order valence-electron chi connectivity index (χ3n) is 2.42. The number of primary amides is 1. The minimum atomic E-state index is -0.725. The molecule has 0 unspecified atom stereocenters. The molecule has 0 aromatic carbocycles. The molecule has 0 bridgehead atoms. The lowest BCUT2D eigenvalue weighted by molar-refractivity contribution is 0.0995. The SMILES string of the molecule is CCOC1=NC(C)(C)N=C(c2nccnc2C(N)=O)N1. The molecular formula is C12H16N6O2. The third-order valence-corrected chi connectivity index (χ3v) is 2.42. The summed E-state index contributed by atoms with van der Waals surface area (Å²) < 4.78 is 5.36. The second-order valence-corrected chi connectivity index (χ2v) is 4.55. The maximum absolute atomic E-state index is 11.4. The molecule has 8 nitrogen and oxygen atoms in total. The summed E-state index contributed by atoms with van der Waals surface area (Å²) in [5.41, 5.74) is 4.90. The van der Waals surface area contributed by atoms with E-state index in [1.807, 2.05) is 20.8 Å². The van der Waals surface area contributed by atoms with E-state index in [1.165, 1.54) is 12.4 Å². The van der Waals surface area contributed by atoms with Crippen molar-refractivity contribution in [2.24, 2.45) is 15.7 Å². The highest BCUT2D eigenvalue weighted by Gasteiger charge is 2.27. The number of nitrogens with one attached hydrogen (secondary N) is 1. The third kappa shape index (κ3) is 2.90. The fourth-order valence-corrected chi connectivity index (χ4v) is 1.71. The Hall–Kier alpha value is -2.51. The lowest BCUT2D eigenvalue weighted by atomic mass is 10.2. The lowest BCUT2D eigenvalue weighted by Crippen LogP contribution is -2.42. The van der Waals surface area contributed by atoms with Crippen molar-refractivity contribution in [1.29, 1.82) is 0 Å². The minimum absolute atomic E-state index is 0.0484. The standard InChI is InChI=1S/C12H16N6O2/c1-4-20-11-16-10(17-12(2,3)18-11)8-7(9(13)19)14-5-6-15-8/h5-6H,4H2,1-3H3,(H2,13,19)(H,16,17,18). The fourth-order valence-electron chi connectivity index (χ4n) is 1.71. The van der Waals surface area contributed by atoms with Crippen molar-refractivity contribution in [2.75, 3.05) is 6.61 Å². The largest absolute Gasteiger partial charge is 0.465 e. The van der Waals surface area contributed by atoms with Crippen molar-refractivity contribution in [3.8, 4) is 0 Å². The van der Waals surface area contributed by atoms with Crippen LogP contribution in [0, 0.1) is 0 Å². The first-order valence-electron chi connectivity index (χ1n) is 6.13. The van der Waals surface area contributed by atoms with E-state index in [1.54, 1.807) is 0 Å². The molecule has 2 rings (SSSR count). The predicted molar refractivity (Wildman–Crippen MR) is 73.4 cm³/mol. The number of amidine groups is 2. The van der Waals surface area contributed by atoms with Gasteiger partial charge in [-0.1, -0.05) is 0 Å². The van der Waals surface area contributed by atoms with Gasteiger partial charge in [0.25, 0.3) is 11.9 Å². The summed E-state index contributed by atoms with van der Waals surface area (Å²) >= 11 is 0. The topological polar surface area (TPSA) is 115 Å². The van der Waals surface area contributed by atoms with Crippen LogP contribution < -0.4 is 11.1 Å². The van der Waals surface area contributed by atoms with Crippen molar-refractivity contribution in [1.82, 2.24) is 15.3 Å². The van der Waals surface area contributed by atoms with Crippen LogP contribution in [-0.4, -0.2) is 40.0 Å². The summed E-state index contributed by atoms with van der Waals surface area (Å²) in [7, 11) is 0. The Labute approximate surface area is 116 Å². The van der Waals surface area contributed by atoms with Gasteiger partial charge in [-0.25, -0.2) is 20.0 Å². The summed E-state index contributed by atoms with van der Waals surface area (Å²) in [4.78, 5) is 28.1. The van der Waals surface area contributed by atoms with Gasteiger partial charge < -0.3 is 10.5 Å². The van der Waals surface area contributed by atoms with Crippen LogP contribution in [0.1, 0.15) is 37.0 Å². The smallest absolute Gasteiger partial charge is 0.292 e. The molecule has 3 N–H and O–H groups in total. The molecule has 0 spiro atoms. The van der Waals surface area contributed by atoms with Crippen LogP contribution in [0.2, 0.25) is 0 Å². The van der Waals surface area contributed by atoms with E-state index in [0.717, 1.165) is 0 Å². The van der Waals surface area contributed by atoms with Crippen LogP contribution >= 0.6 is 0 Å². The number of aliphatic imine (C=N–C) groups is 2. The summed E-state index contributed by atoms with van der Waals surface area (Å²) in [5, 5.41) is 2.89. The van der Waals surface area contributed by atoms with E-state index in [2.05, 4.69) is 25.3 Å². The molecule has 1 aromatic rings. The van der Waals surface area contributed by atoms with Gasteiger partial charge in [-0.15, -0.1) is 0 Å². The van der Waals surface area contributed by atoms with E-state index in [4.69, 9.17) is 10.5 Å². The number of amides is 1. The maximum Gasteiger partial charge on any atom is 0.292 e. The predicted octanol–water partition coefficient (Wildman–Crippen LogP) is 0.0539. The highest BCUT2D eigenvalue weighted by molar-refractivity contribution is 6.12. The Morgan fingerprint density at radius 3 is 2.70 bits per heavy atom. The Morgan fingerprint density at radius 1 is 1.35 bits per heavy atom. The van der Waals surface area contributed by atoms with Crippen LogP contribution in [-0.2, 0) is 4.74 Å². The molecule has 0 aliphatic carbocycles. The molecule has 20 heavy (non-hydrogen) atoms. The van der Waals surface area contributed by atoms with Crippen LogP contribution in [0.25, 0.3) is 0 Å². The minimum Gasteiger partial charge on any atom is -0.465 e. The first-order chi connectivity index (χ1) is 9.43. The molecule has 0 saturated heterocycles. The van der Waals surface area contributed by atoms with Crippen LogP contribution in [0.3, 0.4) is 0 Å². The van der Waals surface area contributed by atoms with Gasteiger partial charge >= 0.3 is 0 Å². The Kier molecular flexibility index (Phi) is 3.64. The number of aromatic nitrogens is 2. The average molecular weight is 276 g/mol. The highest BCUT2D eigenvalue weighted by Crippen LogP contribution is 2.17. The zero-order valence-corrected chi connectivity index (χ0v) is 11.5. The van der Waals surface area contributed by atoms with Crippen molar-refractivity contribution in [3.05, 3.63) is 23.8 Å². The first-order valence-corrected chi connectivity index (χ1v) is 6.13. The van der Waals surface area contributed by atoms with Gasteiger partial charge in [-0.3, -0.25) is 10.1 Å². The Balaban J connectivity index is 2.43. The Bertz CT molecular complexity index is 593. The quantitative estimate of drug-likeness (QED) is 0.809. The molecule has 0 fully saturated rings. The molecule has 0 saturated carbocycles. The number of carbonyl (C=O) groups is 1. The van der Waals surface area contributed by atoms with E-state index < -0.39 is 11.6 Å². The Morgan fingerprint density at radius 2 is 2.05 bits per heavy atom. The molecule has 106 valence electrons. The van der Waals surface area contributed by atoms with Gasteiger partial charge in [0.2, 0.25) is 0 Å². The molecule has 1 aromatic heterocycles. The van der Waals surface area contributed by atoms with Gasteiger partial charge in [-0.05, 0) is 20.8 Å². The summed E-state index contributed by atoms with van der Waals surface area (Å²) in [5.74, 6) is -0.314. The second kappa shape index (κ2) is 5.24. The molecule has 8 heteroatoms. The second-order valence-electron chi connectivity index (χ2n) is 4.55. The number of hydrogen-bond acceptors (Lipinski definition) is 7. The van der Waals surface area contributed by atoms with Crippen molar-refractivity contribution in [2.45, 2.75) is 26.4 Å². The van der Waals surface area contributed by atoms with Gasteiger partial charge in [0.15, 0.2) is 17.2 Å². The lowest BCUT2D eigenvalue weighted by Gasteiger charge is -2.25. The monoisotopic (exact) mass is 276 g/mol. The molecular weight excluding hydrogens is 260 g/mol. The highest BCUT2D eigenvalue weighted by atomic mass is 16.5. The van der Waals surface area contributed by atoms with Gasteiger partial charge in [0.1, 0.15) is 5.69 Å². The molecule has 1 aliphatic heterocycles. The normalized spacial score (nSPS) is 16.8. The van der Waals surface area contributed by atoms with Crippen molar-refractivity contribution in [3.63, 3.8) is 0 Å². The average Bonchev–Trinajstić information content (AvgIpc) is 2.37.